The van der Waals surface area contributed by atoms with Crippen molar-refractivity contribution in [3.8, 4) is 11.4 Å². The number of tetrazole rings is 1. The number of aliphatic carboxylic acids is 1. The van der Waals surface area contributed by atoms with Crippen LogP contribution in [-0.4, -0.2) is 43.2 Å². The Bertz CT molecular complexity index is 716. The first-order valence-corrected chi connectivity index (χ1v) is 7.86. The van der Waals surface area contributed by atoms with E-state index in [-0.39, 0.29) is 12.3 Å². The Labute approximate surface area is 143 Å². The number of benzene rings is 1. The summed E-state index contributed by atoms with van der Waals surface area (Å²) in [5, 5.41) is 24.2. The number of rotatable bonds is 7. The fourth-order valence-electron chi connectivity index (χ4n) is 2.18. The molecular formula is C15H18ClN5O3. The summed E-state index contributed by atoms with van der Waals surface area (Å²) in [7, 11) is 0. The molecule has 2 N–H and O–H groups in total. The largest absolute Gasteiger partial charge is 0.481 e. The number of carboxylic acids is 1. The number of nitrogens with zero attached hydrogens (tertiary/aromatic N) is 4. The van der Waals surface area contributed by atoms with Gasteiger partial charge in [-0.05, 0) is 42.8 Å². The molecule has 1 aromatic carbocycles. The molecule has 128 valence electrons. The third kappa shape index (κ3) is 4.51. The molecule has 0 saturated heterocycles. The van der Waals surface area contributed by atoms with E-state index in [0.29, 0.717) is 17.3 Å². The highest BCUT2D eigenvalue weighted by atomic mass is 35.5. The summed E-state index contributed by atoms with van der Waals surface area (Å²) >= 11 is 5.85. The molecule has 0 aliphatic carbocycles. The molecule has 0 saturated carbocycles. The molecule has 9 heteroatoms. The van der Waals surface area contributed by atoms with Crippen molar-refractivity contribution in [3.05, 3.63) is 29.3 Å². The molecule has 1 amide bonds. The topological polar surface area (TPSA) is 110 Å². The van der Waals surface area contributed by atoms with Crippen LogP contribution in [0.2, 0.25) is 5.02 Å². The summed E-state index contributed by atoms with van der Waals surface area (Å²) in [6.07, 6.45) is 0.297. The van der Waals surface area contributed by atoms with Gasteiger partial charge in [0.2, 0.25) is 11.7 Å². The maximum absolute atomic E-state index is 12.3. The Kier molecular flexibility index (Phi) is 5.86. The van der Waals surface area contributed by atoms with Crippen LogP contribution in [-0.2, 0) is 9.59 Å². The van der Waals surface area contributed by atoms with Gasteiger partial charge in [-0.3, -0.25) is 9.59 Å². The molecule has 2 aromatic rings. The molecular weight excluding hydrogens is 334 g/mol. The van der Waals surface area contributed by atoms with Crippen molar-refractivity contribution >= 4 is 23.5 Å². The maximum Gasteiger partial charge on any atom is 0.305 e. The summed E-state index contributed by atoms with van der Waals surface area (Å²) in [6, 6.07) is 5.82. The maximum atomic E-state index is 12.3. The van der Waals surface area contributed by atoms with Crippen LogP contribution in [0.3, 0.4) is 0 Å². The first kappa shape index (κ1) is 17.9. The first-order chi connectivity index (χ1) is 11.4. The van der Waals surface area contributed by atoms with Crippen molar-refractivity contribution in [3.63, 3.8) is 0 Å². The summed E-state index contributed by atoms with van der Waals surface area (Å²) in [6.45, 7) is 3.45. The monoisotopic (exact) mass is 351 g/mol. The van der Waals surface area contributed by atoms with E-state index in [0.717, 1.165) is 5.56 Å². The van der Waals surface area contributed by atoms with E-state index < -0.39 is 18.1 Å². The smallest absolute Gasteiger partial charge is 0.305 e. The molecule has 1 heterocycles. The van der Waals surface area contributed by atoms with Gasteiger partial charge in [-0.1, -0.05) is 18.5 Å². The number of aromatic nitrogens is 4. The summed E-state index contributed by atoms with van der Waals surface area (Å²) < 4.78 is 0. The molecule has 0 aliphatic heterocycles. The highest BCUT2D eigenvalue weighted by molar-refractivity contribution is 6.30. The number of nitrogens with one attached hydrogen (secondary N) is 1. The van der Waals surface area contributed by atoms with Crippen molar-refractivity contribution in [2.45, 2.75) is 38.8 Å². The molecule has 2 unspecified atom stereocenters. The molecule has 1 aromatic heterocycles. The zero-order valence-electron chi connectivity index (χ0n) is 13.3. The predicted molar refractivity (Wildman–Crippen MR) is 87.4 cm³/mol. The SMILES string of the molecule is CCC(C(=O)NC(C)CC(=O)O)n1nnc(-c2ccc(Cl)cc2)n1. The zero-order chi connectivity index (χ0) is 17.7. The number of carbonyl (C=O) groups excluding carboxylic acids is 1. The molecule has 0 spiro atoms. The van der Waals surface area contributed by atoms with Crippen LogP contribution in [0.5, 0.6) is 0 Å². The summed E-state index contributed by atoms with van der Waals surface area (Å²) in [5.41, 5.74) is 0.736. The lowest BCUT2D eigenvalue weighted by molar-refractivity contribution is -0.137. The minimum absolute atomic E-state index is 0.150. The fraction of sp³-hybridized carbons (Fsp3) is 0.400. The minimum Gasteiger partial charge on any atom is -0.481 e. The Balaban J connectivity index is 2.12. The second kappa shape index (κ2) is 7.87. The number of halogens is 1. The molecule has 0 fully saturated rings. The zero-order valence-corrected chi connectivity index (χ0v) is 14.1. The Hall–Kier alpha value is -2.48. The van der Waals surface area contributed by atoms with Gasteiger partial charge >= 0.3 is 5.97 Å². The van der Waals surface area contributed by atoms with Crippen LogP contribution in [0.1, 0.15) is 32.7 Å². The summed E-state index contributed by atoms with van der Waals surface area (Å²) in [4.78, 5) is 24.2. The third-order valence-corrected chi connectivity index (χ3v) is 3.62. The molecule has 24 heavy (non-hydrogen) atoms. The fourth-order valence-corrected chi connectivity index (χ4v) is 2.30. The van der Waals surface area contributed by atoms with E-state index in [4.69, 9.17) is 16.7 Å². The van der Waals surface area contributed by atoms with Crippen LogP contribution in [0.4, 0.5) is 0 Å². The second-order valence-corrected chi connectivity index (χ2v) is 5.81. The molecule has 2 atom stereocenters. The van der Waals surface area contributed by atoms with E-state index in [9.17, 15) is 9.59 Å². The van der Waals surface area contributed by atoms with Crippen molar-refractivity contribution in [1.29, 1.82) is 0 Å². The van der Waals surface area contributed by atoms with Gasteiger partial charge in [0.25, 0.3) is 0 Å². The van der Waals surface area contributed by atoms with Gasteiger partial charge in [-0.2, -0.15) is 4.80 Å². The van der Waals surface area contributed by atoms with E-state index in [1.807, 2.05) is 6.92 Å². The molecule has 0 aliphatic rings. The number of hydrogen-bond donors (Lipinski definition) is 2. The van der Waals surface area contributed by atoms with Gasteiger partial charge in [0.05, 0.1) is 6.42 Å². The van der Waals surface area contributed by atoms with Crippen molar-refractivity contribution < 1.29 is 14.7 Å². The molecule has 8 nitrogen and oxygen atoms in total. The van der Waals surface area contributed by atoms with E-state index >= 15 is 0 Å². The third-order valence-electron chi connectivity index (χ3n) is 3.37. The van der Waals surface area contributed by atoms with Gasteiger partial charge in [-0.25, -0.2) is 0 Å². The van der Waals surface area contributed by atoms with E-state index in [1.165, 1.54) is 4.80 Å². The Morgan fingerprint density at radius 1 is 1.33 bits per heavy atom. The highest BCUT2D eigenvalue weighted by Crippen LogP contribution is 2.18. The van der Waals surface area contributed by atoms with E-state index in [2.05, 4.69) is 20.7 Å². The quantitative estimate of drug-likeness (QED) is 0.788. The number of carboxylic acid groups (broad SMARTS) is 1. The second-order valence-electron chi connectivity index (χ2n) is 5.37. The van der Waals surface area contributed by atoms with Gasteiger partial charge in [0.1, 0.15) is 0 Å². The normalized spacial score (nSPS) is 13.3. The average molecular weight is 352 g/mol. The number of hydrogen-bond acceptors (Lipinski definition) is 5. The van der Waals surface area contributed by atoms with Crippen LogP contribution in [0, 0.1) is 0 Å². The van der Waals surface area contributed by atoms with Crippen molar-refractivity contribution in [2.24, 2.45) is 0 Å². The Morgan fingerprint density at radius 2 is 2.00 bits per heavy atom. The molecule has 0 radical (unpaired) electrons. The van der Waals surface area contributed by atoms with Crippen LogP contribution >= 0.6 is 11.6 Å². The number of amides is 1. The van der Waals surface area contributed by atoms with Crippen LogP contribution in [0.15, 0.2) is 24.3 Å². The van der Waals surface area contributed by atoms with Crippen LogP contribution in [0.25, 0.3) is 11.4 Å². The van der Waals surface area contributed by atoms with Gasteiger partial charge in [0.15, 0.2) is 6.04 Å². The molecule has 0 bridgehead atoms. The van der Waals surface area contributed by atoms with Gasteiger partial charge in [-0.15, -0.1) is 10.2 Å². The Morgan fingerprint density at radius 3 is 2.58 bits per heavy atom. The van der Waals surface area contributed by atoms with E-state index in [1.54, 1.807) is 31.2 Å². The lowest BCUT2D eigenvalue weighted by Crippen LogP contribution is -2.39. The summed E-state index contributed by atoms with van der Waals surface area (Å²) in [5.74, 6) is -0.928. The van der Waals surface area contributed by atoms with Crippen LogP contribution < -0.4 is 5.32 Å². The lowest BCUT2D eigenvalue weighted by Gasteiger charge is -2.17. The molecule has 2 rings (SSSR count). The highest BCUT2D eigenvalue weighted by Gasteiger charge is 2.23. The van der Waals surface area contributed by atoms with Gasteiger partial charge in [0, 0.05) is 16.6 Å². The minimum atomic E-state index is -0.972. The average Bonchev–Trinajstić information content (AvgIpc) is 2.97. The number of carbonyl (C=O) groups is 2. The van der Waals surface area contributed by atoms with Gasteiger partial charge < -0.3 is 10.4 Å². The standard InChI is InChI=1S/C15H18ClN5O3/c1-3-12(15(24)17-9(2)8-13(22)23)21-19-14(18-20-21)10-4-6-11(16)7-5-10/h4-7,9,12H,3,8H2,1-2H3,(H,17,24)(H,22,23). The first-order valence-electron chi connectivity index (χ1n) is 7.48. The lowest BCUT2D eigenvalue weighted by atomic mass is 10.2. The van der Waals surface area contributed by atoms with Crippen molar-refractivity contribution in [2.75, 3.05) is 0 Å². The predicted octanol–water partition coefficient (Wildman–Crippen LogP) is 1.92. The van der Waals surface area contributed by atoms with Crippen molar-refractivity contribution in [1.82, 2.24) is 25.5 Å².